The van der Waals surface area contributed by atoms with Gasteiger partial charge in [-0.05, 0) is 73.3 Å². The number of rotatable bonds is 2. The lowest BCUT2D eigenvalue weighted by Crippen LogP contribution is -2.55. The van der Waals surface area contributed by atoms with Gasteiger partial charge in [0, 0.05) is 18.8 Å². The van der Waals surface area contributed by atoms with E-state index in [-0.39, 0.29) is 6.03 Å². The number of hydrogen-bond donors (Lipinski definition) is 1. The number of carbonyl (C=O) groups is 1. The third kappa shape index (κ3) is 2.62. The number of nitrogens with zero attached hydrogens (tertiary/aromatic N) is 1. The van der Waals surface area contributed by atoms with Crippen molar-refractivity contribution in [2.24, 2.45) is 23.2 Å². The lowest BCUT2D eigenvalue weighted by atomic mass is 9.45. The molecule has 0 spiro atoms. The van der Waals surface area contributed by atoms with Crippen molar-refractivity contribution in [3.63, 3.8) is 0 Å². The van der Waals surface area contributed by atoms with Crippen LogP contribution < -0.4 is 10.2 Å². The van der Waals surface area contributed by atoms with E-state index in [0.29, 0.717) is 11.3 Å². The molecule has 4 aliphatic rings. The van der Waals surface area contributed by atoms with Gasteiger partial charge in [-0.15, -0.1) is 0 Å². The van der Waals surface area contributed by atoms with Gasteiger partial charge in [0.05, 0.1) is 0 Å². The molecule has 1 aliphatic heterocycles. The molecule has 130 valence electrons. The summed E-state index contributed by atoms with van der Waals surface area (Å²) >= 11 is 0. The number of benzene rings is 1. The van der Waals surface area contributed by atoms with Crippen LogP contribution in [0, 0.1) is 23.2 Å². The van der Waals surface area contributed by atoms with Crippen molar-refractivity contribution in [1.29, 1.82) is 0 Å². The maximum absolute atomic E-state index is 12.9. The second kappa shape index (κ2) is 6.09. The van der Waals surface area contributed by atoms with Gasteiger partial charge >= 0.3 is 6.03 Å². The number of amides is 2. The van der Waals surface area contributed by atoms with Crippen molar-refractivity contribution >= 4 is 11.7 Å². The van der Waals surface area contributed by atoms with Crippen molar-refractivity contribution < 1.29 is 4.79 Å². The zero-order valence-electron chi connectivity index (χ0n) is 15.1. The molecule has 2 bridgehead atoms. The molecule has 3 aliphatic carbocycles. The Morgan fingerprint density at radius 2 is 2.08 bits per heavy atom. The fourth-order valence-electron chi connectivity index (χ4n) is 5.42. The van der Waals surface area contributed by atoms with Gasteiger partial charge < -0.3 is 5.32 Å². The first kappa shape index (κ1) is 16.0. The zero-order chi connectivity index (χ0) is 16.7. The summed E-state index contributed by atoms with van der Waals surface area (Å²) in [5.41, 5.74) is 2.91. The summed E-state index contributed by atoms with van der Waals surface area (Å²) in [6, 6.07) is 8.49. The van der Waals surface area contributed by atoms with Crippen LogP contribution in [0.25, 0.3) is 0 Å². The Kier molecular flexibility index (Phi) is 4.06. The predicted molar refractivity (Wildman–Crippen MR) is 98.2 cm³/mol. The molecular weight excluding hydrogens is 296 g/mol. The highest BCUT2D eigenvalue weighted by Gasteiger charge is 2.53. The molecule has 1 N–H and O–H groups in total. The second-order valence-corrected chi connectivity index (χ2v) is 8.62. The second-order valence-electron chi connectivity index (χ2n) is 8.62. The van der Waals surface area contributed by atoms with E-state index in [1.54, 1.807) is 0 Å². The molecule has 0 saturated heterocycles. The van der Waals surface area contributed by atoms with Gasteiger partial charge in [0.2, 0.25) is 0 Å². The van der Waals surface area contributed by atoms with Crippen molar-refractivity contribution in [3.05, 3.63) is 29.8 Å². The molecule has 24 heavy (non-hydrogen) atoms. The van der Waals surface area contributed by atoms with E-state index >= 15 is 0 Å². The summed E-state index contributed by atoms with van der Waals surface area (Å²) in [7, 11) is 0. The van der Waals surface area contributed by atoms with E-state index in [2.05, 4.69) is 37.4 Å². The van der Waals surface area contributed by atoms with Gasteiger partial charge in [-0.2, -0.15) is 0 Å². The van der Waals surface area contributed by atoms with E-state index in [9.17, 15) is 4.79 Å². The molecular formula is C21H30N2O. The maximum Gasteiger partial charge on any atom is 0.321 e. The molecule has 1 aromatic carbocycles. The summed E-state index contributed by atoms with van der Waals surface area (Å²) in [5.74, 6) is 2.39. The summed E-state index contributed by atoms with van der Waals surface area (Å²) in [4.78, 5) is 14.8. The Bertz CT molecular complexity index is 622. The highest BCUT2D eigenvalue weighted by atomic mass is 16.2. The molecule has 3 fully saturated rings. The van der Waals surface area contributed by atoms with E-state index in [1.165, 1.54) is 31.2 Å². The van der Waals surface area contributed by atoms with Gasteiger partial charge in [-0.1, -0.05) is 32.0 Å². The van der Waals surface area contributed by atoms with Crippen LogP contribution in [0.4, 0.5) is 10.5 Å². The van der Waals surface area contributed by atoms with Crippen LogP contribution in [-0.4, -0.2) is 19.1 Å². The Morgan fingerprint density at radius 1 is 1.25 bits per heavy atom. The highest BCUT2D eigenvalue weighted by Crippen LogP contribution is 2.61. The molecule has 3 unspecified atom stereocenters. The van der Waals surface area contributed by atoms with E-state index in [4.69, 9.17) is 0 Å². The minimum Gasteiger partial charge on any atom is -0.337 e. The Hall–Kier alpha value is -1.51. The number of hydrogen-bond acceptors (Lipinski definition) is 1. The normalized spacial score (nSPS) is 30.8. The lowest BCUT2D eigenvalue weighted by molar-refractivity contribution is -0.103. The molecule has 3 nitrogen and oxygen atoms in total. The van der Waals surface area contributed by atoms with Gasteiger partial charge in [0.1, 0.15) is 0 Å². The SMILES string of the molecule is CC1(C)C2CCC(CNC(=O)N3CCCCc4ccccc43)C1C2. The summed E-state index contributed by atoms with van der Waals surface area (Å²) in [5, 5.41) is 3.27. The minimum atomic E-state index is 0.101. The fourth-order valence-corrected chi connectivity index (χ4v) is 5.42. The number of carbonyl (C=O) groups excluding carboxylic acids is 1. The number of urea groups is 1. The molecule has 0 aromatic heterocycles. The van der Waals surface area contributed by atoms with Crippen LogP contribution in [0.3, 0.4) is 0 Å². The molecule has 3 saturated carbocycles. The first-order valence-electron chi connectivity index (χ1n) is 9.70. The summed E-state index contributed by atoms with van der Waals surface area (Å²) < 4.78 is 0. The van der Waals surface area contributed by atoms with Crippen LogP contribution in [0.5, 0.6) is 0 Å². The number of anilines is 1. The van der Waals surface area contributed by atoms with Gasteiger partial charge in [0.25, 0.3) is 0 Å². The number of para-hydroxylation sites is 1. The number of fused-ring (bicyclic) bond motifs is 3. The van der Waals surface area contributed by atoms with Crippen molar-refractivity contribution in [2.45, 2.75) is 52.4 Å². The topological polar surface area (TPSA) is 32.3 Å². The van der Waals surface area contributed by atoms with Crippen molar-refractivity contribution in [2.75, 3.05) is 18.0 Å². The van der Waals surface area contributed by atoms with E-state index < -0.39 is 0 Å². The van der Waals surface area contributed by atoms with Gasteiger partial charge in [-0.25, -0.2) is 4.79 Å². The Balaban J connectivity index is 1.42. The fraction of sp³-hybridized carbons (Fsp3) is 0.667. The van der Waals surface area contributed by atoms with Crippen LogP contribution >= 0.6 is 0 Å². The van der Waals surface area contributed by atoms with Crippen molar-refractivity contribution in [3.8, 4) is 0 Å². The molecule has 3 heteroatoms. The quantitative estimate of drug-likeness (QED) is 0.845. The van der Waals surface area contributed by atoms with Crippen LogP contribution in [0.2, 0.25) is 0 Å². The van der Waals surface area contributed by atoms with Gasteiger partial charge in [0.15, 0.2) is 0 Å². The molecule has 1 aromatic rings. The molecule has 5 rings (SSSR count). The summed E-state index contributed by atoms with van der Waals surface area (Å²) in [6.45, 7) is 6.53. The third-order valence-electron chi connectivity index (χ3n) is 7.12. The van der Waals surface area contributed by atoms with E-state index in [0.717, 1.165) is 43.5 Å². The van der Waals surface area contributed by atoms with Gasteiger partial charge in [-0.3, -0.25) is 4.90 Å². The molecule has 1 heterocycles. The number of aryl methyl sites for hydroxylation is 1. The van der Waals surface area contributed by atoms with Crippen LogP contribution in [0.15, 0.2) is 24.3 Å². The molecule has 0 radical (unpaired) electrons. The first-order chi connectivity index (χ1) is 11.6. The smallest absolute Gasteiger partial charge is 0.321 e. The zero-order valence-corrected chi connectivity index (χ0v) is 15.1. The maximum atomic E-state index is 12.9. The lowest BCUT2D eigenvalue weighted by Gasteiger charge is -2.60. The average Bonchev–Trinajstić information content (AvgIpc) is 2.82. The Morgan fingerprint density at radius 3 is 2.88 bits per heavy atom. The van der Waals surface area contributed by atoms with Crippen molar-refractivity contribution in [1.82, 2.24) is 5.32 Å². The highest BCUT2D eigenvalue weighted by molar-refractivity contribution is 5.92. The predicted octanol–water partition coefficient (Wildman–Crippen LogP) is 4.61. The first-order valence-corrected chi connectivity index (χ1v) is 9.70. The largest absolute Gasteiger partial charge is 0.337 e. The standard InChI is InChI=1S/C21H30N2O/c1-21(2)17-11-10-16(18(21)13-17)14-22-20(24)23-12-6-5-8-15-7-3-4-9-19(15)23/h3-4,7,9,16-18H,5-6,8,10-14H2,1-2H3,(H,22,24). The average molecular weight is 326 g/mol. The van der Waals surface area contributed by atoms with Crippen LogP contribution in [-0.2, 0) is 6.42 Å². The molecule has 2 amide bonds. The number of nitrogens with one attached hydrogen (secondary N) is 1. The van der Waals surface area contributed by atoms with E-state index in [1.807, 2.05) is 11.0 Å². The molecule has 3 atom stereocenters. The van der Waals surface area contributed by atoms with Crippen LogP contribution in [0.1, 0.15) is 51.5 Å². The minimum absolute atomic E-state index is 0.101. The monoisotopic (exact) mass is 326 g/mol. The summed E-state index contributed by atoms with van der Waals surface area (Å²) in [6.07, 6.45) is 7.34. The Labute approximate surface area is 145 Å². The third-order valence-corrected chi connectivity index (χ3v) is 7.12.